The van der Waals surface area contributed by atoms with Crippen molar-refractivity contribution in [1.29, 1.82) is 0 Å². The van der Waals surface area contributed by atoms with Crippen molar-refractivity contribution in [3.8, 4) is 5.69 Å². The molecule has 1 heterocycles. The Hall–Kier alpha value is -3.07. The number of sulfone groups is 1. The first kappa shape index (κ1) is 22.6. The molecular weight excluding hydrogens is 429 g/mol. The van der Waals surface area contributed by atoms with Gasteiger partial charge in [-0.15, -0.1) is 0 Å². The van der Waals surface area contributed by atoms with Crippen molar-refractivity contribution in [2.75, 3.05) is 11.6 Å². The van der Waals surface area contributed by atoms with Gasteiger partial charge in [0, 0.05) is 23.3 Å². The number of carbonyl (C=O) groups is 1. The number of anilines is 1. The quantitative estimate of drug-likeness (QED) is 0.601. The summed E-state index contributed by atoms with van der Waals surface area (Å²) in [5.74, 6) is -0.583. The van der Waals surface area contributed by atoms with Crippen LogP contribution in [0, 0.1) is 13.8 Å². The first-order valence-corrected chi connectivity index (χ1v) is 11.4. The van der Waals surface area contributed by atoms with Crippen LogP contribution < -0.4 is 5.32 Å². The Morgan fingerprint density at radius 2 is 1.65 bits per heavy atom. The summed E-state index contributed by atoms with van der Waals surface area (Å²) in [5.41, 5.74) is 1.31. The van der Waals surface area contributed by atoms with E-state index >= 15 is 0 Å². The molecule has 3 rings (SSSR count). The normalized spacial score (nSPS) is 12.1. The molecule has 0 aliphatic heterocycles. The maximum atomic E-state index is 13.5. The van der Waals surface area contributed by atoms with Gasteiger partial charge in [0.1, 0.15) is 0 Å². The van der Waals surface area contributed by atoms with E-state index in [9.17, 15) is 26.4 Å². The molecule has 164 valence electrons. The maximum Gasteiger partial charge on any atom is 0.418 e. The van der Waals surface area contributed by atoms with Crippen LogP contribution >= 0.6 is 0 Å². The lowest BCUT2D eigenvalue weighted by Crippen LogP contribution is -2.15. The van der Waals surface area contributed by atoms with E-state index in [1.54, 1.807) is 38.1 Å². The van der Waals surface area contributed by atoms with Crippen LogP contribution in [0.1, 0.15) is 32.9 Å². The van der Waals surface area contributed by atoms with E-state index in [0.29, 0.717) is 22.6 Å². The van der Waals surface area contributed by atoms with E-state index < -0.39 is 27.5 Å². The minimum atomic E-state index is -4.53. The number of aromatic nitrogens is 1. The number of nitrogens with one attached hydrogen (secondary N) is 1. The third kappa shape index (κ3) is 5.16. The molecule has 2 aromatic carbocycles. The number of hydrogen-bond donors (Lipinski definition) is 1. The molecule has 0 atom stereocenters. The standard InChI is InChI=1S/C22H21F3N2O3S/c1-14-12-18(15(2)27(14)20-7-5-4-6-19(20)22(23,24)25)21(28)26-17-10-8-16(9-11-17)13-31(3,29)30/h4-12H,13H2,1-3H3,(H,26,28). The monoisotopic (exact) mass is 450 g/mol. The van der Waals surface area contributed by atoms with Crippen molar-refractivity contribution < 1.29 is 26.4 Å². The van der Waals surface area contributed by atoms with Crippen molar-refractivity contribution >= 4 is 21.4 Å². The summed E-state index contributed by atoms with van der Waals surface area (Å²) in [6, 6.07) is 13.1. The van der Waals surface area contributed by atoms with E-state index in [0.717, 1.165) is 12.3 Å². The molecule has 0 aliphatic carbocycles. The van der Waals surface area contributed by atoms with Crippen LogP contribution in [0.25, 0.3) is 5.69 Å². The SMILES string of the molecule is Cc1cc(C(=O)Nc2ccc(CS(C)(=O)=O)cc2)c(C)n1-c1ccccc1C(F)(F)F. The summed E-state index contributed by atoms with van der Waals surface area (Å²) in [6.45, 7) is 3.22. The van der Waals surface area contributed by atoms with Gasteiger partial charge in [0.05, 0.1) is 22.6 Å². The molecule has 3 aromatic rings. The molecule has 0 saturated heterocycles. The third-order valence-corrected chi connectivity index (χ3v) is 5.62. The predicted octanol–water partition coefficient (Wildman–Crippen LogP) is 4.91. The van der Waals surface area contributed by atoms with Gasteiger partial charge in [-0.05, 0) is 49.7 Å². The summed E-state index contributed by atoms with van der Waals surface area (Å²) in [6.07, 6.45) is -3.40. The molecule has 0 unspecified atom stereocenters. The van der Waals surface area contributed by atoms with Gasteiger partial charge in [-0.1, -0.05) is 24.3 Å². The highest BCUT2D eigenvalue weighted by atomic mass is 32.2. The molecule has 1 aromatic heterocycles. The number of amides is 1. The lowest BCUT2D eigenvalue weighted by atomic mass is 10.1. The first-order valence-electron chi connectivity index (χ1n) is 9.30. The van der Waals surface area contributed by atoms with E-state index in [1.807, 2.05) is 0 Å². The van der Waals surface area contributed by atoms with Crippen molar-refractivity contribution in [2.24, 2.45) is 0 Å². The number of aryl methyl sites for hydroxylation is 1. The molecule has 0 radical (unpaired) electrons. The van der Waals surface area contributed by atoms with Crippen LogP contribution in [0.3, 0.4) is 0 Å². The number of rotatable bonds is 5. The molecular formula is C22H21F3N2O3S. The van der Waals surface area contributed by atoms with Crippen LogP contribution in [0.4, 0.5) is 18.9 Å². The van der Waals surface area contributed by atoms with Gasteiger partial charge in [-0.25, -0.2) is 8.42 Å². The third-order valence-electron chi connectivity index (χ3n) is 4.77. The second-order valence-corrected chi connectivity index (χ2v) is 9.50. The van der Waals surface area contributed by atoms with Crippen molar-refractivity contribution in [3.05, 3.63) is 82.7 Å². The number of carbonyl (C=O) groups excluding carboxylic acids is 1. The summed E-state index contributed by atoms with van der Waals surface area (Å²) in [4.78, 5) is 12.8. The number of halogens is 3. The number of alkyl halides is 3. The van der Waals surface area contributed by atoms with Crippen LogP contribution in [0.5, 0.6) is 0 Å². The fourth-order valence-electron chi connectivity index (χ4n) is 3.46. The van der Waals surface area contributed by atoms with Gasteiger partial charge in [0.2, 0.25) is 0 Å². The van der Waals surface area contributed by atoms with Crippen LogP contribution in [0.2, 0.25) is 0 Å². The van der Waals surface area contributed by atoms with Crippen molar-refractivity contribution in [3.63, 3.8) is 0 Å². The van der Waals surface area contributed by atoms with Crippen molar-refractivity contribution in [1.82, 2.24) is 4.57 Å². The number of benzene rings is 2. The van der Waals surface area contributed by atoms with Crippen LogP contribution in [0.15, 0.2) is 54.6 Å². The Morgan fingerprint density at radius 3 is 2.23 bits per heavy atom. The zero-order chi connectivity index (χ0) is 23.0. The summed E-state index contributed by atoms with van der Waals surface area (Å²) >= 11 is 0. The zero-order valence-electron chi connectivity index (χ0n) is 17.1. The Bertz CT molecular complexity index is 1230. The Balaban J connectivity index is 1.90. The second-order valence-electron chi connectivity index (χ2n) is 7.36. The lowest BCUT2D eigenvalue weighted by molar-refractivity contribution is -0.137. The van der Waals surface area contributed by atoms with Crippen LogP contribution in [-0.4, -0.2) is 25.1 Å². The van der Waals surface area contributed by atoms with E-state index in [1.165, 1.54) is 28.8 Å². The van der Waals surface area contributed by atoms with E-state index in [2.05, 4.69) is 5.32 Å². The van der Waals surface area contributed by atoms with Gasteiger partial charge < -0.3 is 9.88 Å². The highest BCUT2D eigenvalue weighted by Crippen LogP contribution is 2.35. The molecule has 1 amide bonds. The Labute approximate surface area is 178 Å². The smallest absolute Gasteiger partial charge is 0.322 e. The predicted molar refractivity (Wildman–Crippen MR) is 113 cm³/mol. The van der Waals surface area contributed by atoms with Gasteiger partial charge in [-0.3, -0.25) is 4.79 Å². The average molecular weight is 450 g/mol. The summed E-state index contributed by atoms with van der Waals surface area (Å²) < 4.78 is 64.5. The first-order chi connectivity index (χ1) is 14.4. The molecule has 0 spiro atoms. The molecule has 0 fully saturated rings. The summed E-state index contributed by atoms with van der Waals surface area (Å²) in [7, 11) is -3.17. The number of para-hydroxylation sites is 1. The largest absolute Gasteiger partial charge is 0.418 e. The molecule has 0 bridgehead atoms. The second kappa shape index (κ2) is 8.22. The highest BCUT2D eigenvalue weighted by Gasteiger charge is 2.34. The van der Waals surface area contributed by atoms with E-state index in [4.69, 9.17) is 0 Å². The van der Waals surface area contributed by atoms with Gasteiger partial charge in [0.25, 0.3) is 5.91 Å². The van der Waals surface area contributed by atoms with Crippen molar-refractivity contribution in [2.45, 2.75) is 25.8 Å². The minimum absolute atomic E-state index is 0.0471. The molecule has 5 nitrogen and oxygen atoms in total. The van der Waals surface area contributed by atoms with Gasteiger partial charge in [0.15, 0.2) is 9.84 Å². The zero-order valence-corrected chi connectivity index (χ0v) is 17.9. The fraction of sp³-hybridized carbons (Fsp3) is 0.227. The van der Waals surface area contributed by atoms with Gasteiger partial charge in [-0.2, -0.15) is 13.2 Å². The molecule has 9 heteroatoms. The fourth-order valence-corrected chi connectivity index (χ4v) is 4.26. The van der Waals surface area contributed by atoms with Crippen LogP contribution in [-0.2, 0) is 21.8 Å². The lowest BCUT2D eigenvalue weighted by Gasteiger charge is -2.16. The van der Waals surface area contributed by atoms with Gasteiger partial charge >= 0.3 is 6.18 Å². The number of nitrogens with zero attached hydrogens (tertiary/aromatic N) is 1. The molecule has 1 N–H and O–H groups in total. The molecule has 0 saturated carbocycles. The molecule has 0 aliphatic rings. The minimum Gasteiger partial charge on any atom is -0.322 e. The highest BCUT2D eigenvalue weighted by molar-refractivity contribution is 7.89. The average Bonchev–Trinajstić information content (AvgIpc) is 2.96. The van der Waals surface area contributed by atoms with E-state index in [-0.39, 0.29) is 17.0 Å². The Morgan fingerprint density at radius 1 is 1.03 bits per heavy atom. The number of hydrogen-bond acceptors (Lipinski definition) is 3. The molecule has 31 heavy (non-hydrogen) atoms. The Kier molecular flexibility index (Phi) is 6.00. The topological polar surface area (TPSA) is 68.2 Å². The maximum absolute atomic E-state index is 13.5. The summed E-state index contributed by atoms with van der Waals surface area (Å²) in [5, 5.41) is 2.70.